The van der Waals surface area contributed by atoms with Gasteiger partial charge in [-0.15, -0.1) is 0 Å². The van der Waals surface area contributed by atoms with Gasteiger partial charge in [0.1, 0.15) is 11.5 Å². The van der Waals surface area contributed by atoms with Crippen LogP contribution in [0.5, 0.6) is 17.4 Å². The molecule has 0 aliphatic rings. The third-order valence-electron chi connectivity index (χ3n) is 3.70. The zero-order valence-corrected chi connectivity index (χ0v) is 13.0. The number of aliphatic imine (C=N–C) groups is 1. The van der Waals surface area contributed by atoms with Crippen molar-refractivity contribution in [1.82, 2.24) is 4.98 Å². The second kappa shape index (κ2) is 6.44. The molecule has 118 valence electrons. The van der Waals surface area contributed by atoms with Crippen LogP contribution >= 0.6 is 0 Å². The predicted octanol–water partition coefficient (Wildman–Crippen LogP) is 3.51. The lowest BCUT2D eigenvalue weighted by Crippen LogP contribution is -1.91. The summed E-state index contributed by atoms with van der Waals surface area (Å²) in [7, 11) is 3.25. The molecule has 0 radical (unpaired) electrons. The van der Waals surface area contributed by atoms with Crippen molar-refractivity contribution >= 4 is 17.1 Å². The molecule has 0 saturated heterocycles. The lowest BCUT2D eigenvalue weighted by Gasteiger charge is -2.04. The van der Waals surface area contributed by atoms with Crippen molar-refractivity contribution in [3.05, 3.63) is 53.6 Å². The van der Waals surface area contributed by atoms with E-state index in [9.17, 15) is 5.11 Å². The van der Waals surface area contributed by atoms with Crippen LogP contribution in [-0.2, 0) is 6.54 Å². The van der Waals surface area contributed by atoms with E-state index in [4.69, 9.17) is 9.47 Å². The van der Waals surface area contributed by atoms with Crippen LogP contribution in [0.25, 0.3) is 10.9 Å². The van der Waals surface area contributed by atoms with Crippen LogP contribution < -0.4 is 9.47 Å². The Hall–Kier alpha value is -2.95. The van der Waals surface area contributed by atoms with Gasteiger partial charge in [0.25, 0.3) is 0 Å². The number of hydrogen-bond donors (Lipinski definition) is 2. The molecule has 1 heterocycles. The van der Waals surface area contributed by atoms with Gasteiger partial charge in [-0.1, -0.05) is 18.2 Å². The van der Waals surface area contributed by atoms with E-state index in [1.165, 1.54) is 0 Å². The molecule has 23 heavy (non-hydrogen) atoms. The zero-order valence-electron chi connectivity index (χ0n) is 13.0. The van der Waals surface area contributed by atoms with Crippen molar-refractivity contribution in [3.63, 3.8) is 0 Å². The largest absolute Gasteiger partial charge is 0.497 e. The fourth-order valence-corrected chi connectivity index (χ4v) is 2.50. The molecule has 3 rings (SSSR count). The Balaban J connectivity index is 1.90. The normalized spacial score (nSPS) is 11.2. The van der Waals surface area contributed by atoms with Crippen LogP contribution in [0, 0.1) is 0 Å². The average molecular weight is 310 g/mol. The Kier molecular flexibility index (Phi) is 4.19. The first-order chi connectivity index (χ1) is 11.2. The summed E-state index contributed by atoms with van der Waals surface area (Å²) >= 11 is 0. The number of H-pyrrole nitrogens is 1. The minimum Gasteiger partial charge on any atom is -0.497 e. The van der Waals surface area contributed by atoms with Crippen LogP contribution in [0.4, 0.5) is 0 Å². The highest BCUT2D eigenvalue weighted by Gasteiger charge is 2.10. The number of hydrogen-bond acceptors (Lipinski definition) is 4. The molecule has 5 nitrogen and oxygen atoms in total. The molecule has 0 aliphatic heterocycles. The third-order valence-corrected chi connectivity index (χ3v) is 3.70. The lowest BCUT2D eigenvalue weighted by atomic mass is 10.1. The minimum absolute atomic E-state index is 0.0945. The standard InChI is InChI=1S/C18H18N2O3/c1-22-13-7-8-16-14(9-13)15(18(21)20-16)11-19-10-12-5-3-4-6-17(12)23-2/h3-9,11,20-21H,10H2,1-2H3. The summed E-state index contributed by atoms with van der Waals surface area (Å²) in [4.78, 5) is 7.37. The smallest absolute Gasteiger partial charge is 0.198 e. The van der Waals surface area contributed by atoms with Gasteiger partial charge in [-0.05, 0) is 24.3 Å². The molecule has 0 amide bonds. The number of rotatable bonds is 5. The van der Waals surface area contributed by atoms with Gasteiger partial charge in [0.2, 0.25) is 0 Å². The van der Waals surface area contributed by atoms with E-state index in [0.29, 0.717) is 12.1 Å². The molecule has 3 aromatic rings. The maximum Gasteiger partial charge on any atom is 0.198 e. The quantitative estimate of drug-likeness (QED) is 0.709. The maximum atomic E-state index is 10.1. The molecule has 0 bridgehead atoms. The van der Waals surface area contributed by atoms with E-state index in [2.05, 4.69) is 9.98 Å². The second-order valence-electron chi connectivity index (χ2n) is 5.08. The van der Waals surface area contributed by atoms with E-state index in [1.54, 1.807) is 20.4 Å². The van der Waals surface area contributed by atoms with E-state index < -0.39 is 0 Å². The number of fused-ring (bicyclic) bond motifs is 1. The lowest BCUT2D eigenvalue weighted by molar-refractivity contribution is 0.410. The fourth-order valence-electron chi connectivity index (χ4n) is 2.50. The first kappa shape index (κ1) is 15.0. The van der Waals surface area contributed by atoms with Crippen molar-refractivity contribution in [3.8, 4) is 17.4 Å². The Morgan fingerprint density at radius 1 is 1.13 bits per heavy atom. The number of aromatic amines is 1. The van der Waals surface area contributed by atoms with Gasteiger partial charge in [0.05, 0.1) is 26.3 Å². The maximum absolute atomic E-state index is 10.1. The van der Waals surface area contributed by atoms with Gasteiger partial charge < -0.3 is 19.6 Å². The molecule has 5 heteroatoms. The molecule has 0 unspecified atom stereocenters. The number of aromatic hydroxyl groups is 1. The van der Waals surface area contributed by atoms with E-state index in [0.717, 1.165) is 28.0 Å². The number of methoxy groups -OCH3 is 2. The van der Waals surface area contributed by atoms with E-state index in [1.807, 2.05) is 42.5 Å². The fraction of sp³-hybridized carbons (Fsp3) is 0.167. The Morgan fingerprint density at radius 2 is 1.96 bits per heavy atom. The van der Waals surface area contributed by atoms with Crippen molar-refractivity contribution in [1.29, 1.82) is 0 Å². The minimum atomic E-state index is 0.0945. The number of ether oxygens (including phenoxy) is 2. The number of benzene rings is 2. The Bertz CT molecular complexity index is 853. The summed E-state index contributed by atoms with van der Waals surface area (Å²) in [5, 5.41) is 10.9. The number of nitrogens with one attached hydrogen (secondary N) is 1. The Morgan fingerprint density at radius 3 is 2.74 bits per heavy atom. The summed E-state index contributed by atoms with van der Waals surface area (Å²) in [6, 6.07) is 13.3. The van der Waals surface area contributed by atoms with Crippen molar-refractivity contribution < 1.29 is 14.6 Å². The summed E-state index contributed by atoms with van der Waals surface area (Å²) in [6.07, 6.45) is 1.67. The van der Waals surface area contributed by atoms with E-state index in [-0.39, 0.29) is 5.88 Å². The molecular formula is C18H18N2O3. The summed E-state index contributed by atoms with van der Waals surface area (Å²) in [6.45, 7) is 0.472. The highest BCUT2D eigenvalue weighted by atomic mass is 16.5. The topological polar surface area (TPSA) is 66.8 Å². The van der Waals surface area contributed by atoms with Gasteiger partial charge in [0.15, 0.2) is 5.88 Å². The molecule has 0 saturated carbocycles. The van der Waals surface area contributed by atoms with E-state index >= 15 is 0 Å². The van der Waals surface area contributed by atoms with Crippen LogP contribution in [-0.4, -0.2) is 30.5 Å². The summed E-state index contributed by atoms with van der Waals surface area (Å²) in [5.74, 6) is 1.63. The number of para-hydroxylation sites is 1. The highest BCUT2D eigenvalue weighted by molar-refractivity contribution is 6.02. The predicted molar refractivity (Wildman–Crippen MR) is 90.8 cm³/mol. The molecule has 1 aromatic heterocycles. The molecule has 2 N–H and O–H groups in total. The summed E-state index contributed by atoms with van der Waals surface area (Å²) < 4.78 is 10.5. The average Bonchev–Trinajstić information content (AvgIpc) is 2.90. The molecule has 0 fully saturated rings. The van der Waals surface area contributed by atoms with Crippen LogP contribution in [0.2, 0.25) is 0 Å². The van der Waals surface area contributed by atoms with Crippen molar-refractivity contribution in [2.24, 2.45) is 4.99 Å². The van der Waals surface area contributed by atoms with Crippen molar-refractivity contribution in [2.45, 2.75) is 6.54 Å². The van der Waals surface area contributed by atoms with Gasteiger partial charge in [-0.25, -0.2) is 0 Å². The molecule has 0 aliphatic carbocycles. The zero-order chi connectivity index (χ0) is 16.2. The second-order valence-corrected chi connectivity index (χ2v) is 5.08. The SMILES string of the molecule is COc1ccc2[nH]c(O)c(C=NCc3ccccc3OC)c2c1. The van der Waals surface area contributed by atoms with Gasteiger partial charge in [-0.2, -0.15) is 0 Å². The first-order valence-electron chi connectivity index (χ1n) is 7.23. The first-order valence-corrected chi connectivity index (χ1v) is 7.23. The van der Waals surface area contributed by atoms with Crippen molar-refractivity contribution in [2.75, 3.05) is 14.2 Å². The number of aromatic nitrogens is 1. The van der Waals surface area contributed by atoms with Gasteiger partial charge in [-0.3, -0.25) is 4.99 Å². The monoisotopic (exact) mass is 310 g/mol. The highest BCUT2D eigenvalue weighted by Crippen LogP contribution is 2.29. The van der Waals surface area contributed by atoms with Crippen LogP contribution in [0.3, 0.4) is 0 Å². The van der Waals surface area contributed by atoms with Crippen LogP contribution in [0.15, 0.2) is 47.5 Å². The molecule has 2 aromatic carbocycles. The Labute approximate surface area is 134 Å². The van der Waals surface area contributed by atoms with Gasteiger partial charge >= 0.3 is 0 Å². The molecule has 0 spiro atoms. The molecule has 0 atom stereocenters. The summed E-state index contributed by atoms with van der Waals surface area (Å²) in [5.41, 5.74) is 2.47. The third kappa shape index (κ3) is 2.99. The van der Waals surface area contributed by atoms with Gasteiger partial charge in [0, 0.05) is 22.7 Å². The number of nitrogens with zero attached hydrogens (tertiary/aromatic N) is 1. The molecular weight excluding hydrogens is 292 g/mol. The van der Waals surface area contributed by atoms with Crippen LogP contribution in [0.1, 0.15) is 11.1 Å².